The van der Waals surface area contributed by atoms with Gasteiger partial charge in [-0.25, -0.2) is 17.6 Å². The Hall–Kier alpha value is -1.88. The SMILES string of the molecule is C[C@H]1CC[C@H]([C@H]2CC[C@H](C(OC(c3cccc(F)c3F)[C@H]3CC[C@H]([C@H]4CC[C@H](C)CC4)CC3)c3cccc(F)c3F)CC2)CC1. The molecule has 248 valence electrons. The molecule has 6 rings (SSSR count). The highest BCUT2D eigenvalue weighted by atomic mass is 19.2. The first-order chi connectivity index (χ1) is 21.8. The molecule has 0 radical (unpaired) electrons. The number of benzene rings is 2. The monoisotopic (exact) mass is 626 g/mol. The van der Waals surface area contributed by atoms with E-state index >= 15 is 8.78 Å². The van der Waals surface area contributed by atoms with Crippen LogP contribution in [0.3, 0.4) is 0 Å². The Balaban J connectivity index is 1.24. The molecule has 0 bridgehead atoms. The van der Waals surface area contributed by atoms with Gasteiger partial charge in [-0.2, -0.15) is 0 Å². The summed E-state index contributed by atoms with van der Waals surface area (Å²) >= 11 is 0. The molecule has 4 saturated carbocycles. The van der Waals surface area contributed by atoms with Crippen LogP contribution in [0.2, 0.25) is 0 Å². The van der Waals surface area contributed by atoms with Crippen molar-refractivity contribution in [2.24, 2.45) is 47.3 Å². The minimum atomic E-state index is -0.887. The van der Waals surface area contributed by atoms with Gasteiger partial charge in [0.2, 0.25) is 0 Å². The number of hydrogen-bond donors (Lipinski definition) is 0. The summed E-state index contributed by atoms with van der Waals surface area (Å²) in [5.74, 6) is 0.944. The Morgan fingerprint density at radius 1 is 0.467 bits per heavy atom. The van der Waals surface area contributed by atoms with Gasteiger partial charge in [-0.05, 0) is 137 Å². The maximum atomic E-state index is 15.5. The van der Waals surface area contributed by atoms with E-state index in [2.05, 4.69) is 13.8 Å². The lowest BCUT2D eigenvalue weighted by atomic mass is 9.67. The largest absolute Gasteiger partial charge is 0.365 e. The summed E-state index contributed by atoms with van der Waals surface area (Å²) in [6, 6.07) is 8.66. The third-order valence-corrected chi connectivity index (χ3v) is 12.8. The van der Waals surface area contributed by atoms with Gasteiger partial charge in [0.15, 0.2) is 23.3 Å². The van der Waals surface area contributed by atoms with Crippen LogP contribution in [0.15, 0.2) is 36.4 Å². The van der Waals surface area contributed by atoms with Gasteiger partial charge < -0.3 is 4.74 Å². The van der Waals surface area contributed by atoms with Crippen molar-refractivity contribution in [2.45, 2.75) is 129 Å². The maximum Gasteiger partial charge on any atom is 0.164 e. The normalized spacial score (nSPS) is 34.3. The van der Waals surface area contributed by atoms with E-state index in [1.165, 1.54) is 51.4 Å². The minimum Gasteiger partial charge on any atom is -0.365 e. The molecular weight excluding hydrogens is 572 g/mol. The molecule has 0 aromatic heterocycles. The third-order valence-electron chi connectivity index (χ3n) is 12.8. The molecule has 0 heterocycles. The zero-order valence-electron chi connectivity index (χ0n) is 27.5. The van der Waals surface area contributed by atoms with Crippen LogP contribution in [0.25, 0.3) is 0 Å². The fourth-order valence-electron chi connectivity index (χ4n) is 9.87. The quantitative estimate of drug-likeness (QED) is 0.265. The molecule has 2 aromatic rings. The van der Waals surface area contributed by atoms with Crippen molar-refractivity contribution in [1.29, 1.82) is 0 Å². The second-order valence-electron chi connectivity index (χ2n) is 15.7. The van der Waals surface area contributed by atoms with Gasteiger partial charge in [0, 0.05) is 11.1 Å². The van der Waals surface area contributed by atoms with Crippen LogP contribution in [0.4, 0.5) is 17.6 Å². The van der Waals surface area contributed by atoms with Crippen molar-refractivity contribution in [3.05, 3.63) is 70.8 Å². The molecule has 2 aromatic carbocycles. The third kappa shape index (κ3) is 7.65. The van der Waals surface area contributed by atoms with Gasteiger partial charge in [-0.3, -0.25) is 0 Å². The second-order valence-corrected chi connectivity index (χ2v) is 15.7. The summed E-state index contributed by atoms with van der Waals surface area (Å²) < 4.78 is 67.4. The van der Waals surface area contributed by atoms with Gasteiger partial charge in [0.25, 0.3) is 0 Å². The molecule has 4 aliphatic rings. The lowest BCUT2D eigenvalue weighted by Crippen LogP contribution is -2.32. The number of ether oxygens (including phenoxy) is 1. The molecule has 0 N–H and O–H groups in total. The van der Waals surface area contributed by atoms with Crippen molar-refractivity contribution < 1.29 is 22.3 Å². The van der Waals surface area contributed by atoms with Crippen LogP contribution >= 0.6 is 0 Å². The molecule has 0 saturated heterocycles. The van der Waals surface area contributed by atoms with E-state index in [0.717, 1.165) is 87.2 Å². The van der Waals surface area contributed by atoms with Crippen LogP contribution in [0.5, 0.6) is 0 Å². The average molecular weight is 627 g/mol. The van der Waals surface area contributed by atoms with Crippen molar-refractivity contribution >= 4 is 0 Å². The van der Waals surface area contributed by atoms with Gasteiger partial charge in [-0.1, -0.05) is 63.8 Å². The summed E-state index contributed by atoms with van der Waals surface area (Å²) in [4.78, 5) is 0. The Morgan fingerprint density at radius 2 is 0.778 bits per heavy atom. The molecule has 1 nitrogen and oxygen atoms in total. The van der Waals surface area contributed by atoms with Crippen molar-refractivity contribution in [3.8, 4) is 0 Å². The molecule has 5 heteroatoms. The molecule has 4 fully saturated rings. The molecule has 0 aliphatic heterocycles. The standard InChI is InChI=1S/C40H54F4O/c1-25-9-13-27(14-10-25)29-17-21-31(22-18-29)39(33-5-3-7-35(41)37(33)43)45-40(34-6-4-8-36(42)38(34)44)32-23-19-30(20-24-32)28-15-11-26(2)12-16-28/h3-8,25-32,39-40H,9-24H2,1-2H3/t25-,26-,27-,28-,29-,30-,31-,32-,39?,40?. The fourth-order valence-corrected chi connectivity index (χ4v) is 9.87. The van der Waals surface area contributed by atoms with E-state index in [4.69, 9.17) is 4.74 Å². The van der Waals surface area contributed by atoms with Crippen molar-refractivity contribution in [3.63, 3.8) is 0 Å². The van der Waals surface area contributed by atoms with Crippen LogP contribution < -0.4 is 0 Å². The Morgan fingerprint density at radius 3 is 1.11 bits per heavy atom. The van der Waals surface area contributed by atoms with Crippen LogP contribution in [0, 0.1) is 70.6 Å². The van der Waals surface area contributed by atoms with Gasteiger partial charge in [-0.15, -0.1) is 0 Å². The van der Waals surface area contributed by atoms with Crippen molar-refractivity contribution in [1.82, 2.24) is 0 Å². The van der Waals surface area contributed by atoms with Crippen LogP contribution in [-0.4, -0.2) is 0 Å². The lowest BCUT2D eigenvalue weighted by Gasteiger charge is -2.43. The second kappa shape index (κ2) is 14.9. The highest BCUT2D eigenvalue weighted by Crippen LogP contribution is 2.50. The summed E-state index contributed by atoms with van der Waals surface area (Å²) in [6.45, 7) is 4.70. The van der Waals surface area contributed by atoms with Gasteiger partial charge in [0.05, 0.1) is 12.2 Å². The summed E-state index contributed by atoms with van der Waals surface area (Å²) in [5, 5.41) is 0. The van der Waals surface area contributed by atoms with Crippen LogP contribution in [-0.2, 0) is 4.74 Å². The van der Waals surface area contributed by atoms with E-state index in [0.29, 0.717) is 11.8 Å². The topological polar surface area (TPSA) is 9.23 Å². The highest BCUT2D eigenvalue weighted by Gasteiger charge is 2.40. The number of hydrogen-bond acceptors (Lipinski definition) is 1. The van der Waals surface area contributed by atoms with E-state index in [9.17, 15) is 8.78 Å². The van der Waals surface area contributed by atoms with E-state index in [1.54, 1.807) is 24.3 Å². The first-order valence-corrected chi connectivity index (χ1v) is 18.3. The molecule has 2 atom stereocenters. The molecule has 0 amide bonds. The number of rotatable bonds is 8. The Kier molecular flexibility index (Phi) is 10.9. The molecular formula is C40H54F4O. The minimum absolute atomic E-state index is 0.000230. The van der Waals surface area contributed by atoms with E-state index < -0.39 is 35.5 Å². The number of halogens is 4. The predicted molar refractivity (Wildman–Crippen MR) is 172 cm³/mol. The van der Waals surface area contributed by atoms with Gasteiger partial charge in [0.1, 0.15) is 0 Å². The van der Waals surface area contributed by atoms with Crippen LogP contribution in [0.1, 0.15) is 140 Å². The summed E-state index contributed by atoms with van der Waals surface area (Å²) in [6.07, 6.45) is 16.7. The molecule has 0 spiro atoms. The highest BCUT2D eigenvalue weighted by molar-refractivity contribution is 5.25. The summed E-state index contributed by atoms with van der Waals surface area (Å²) in [5.41, 5.74) is 0.438. The smallest absolute Gasteiger partial charge is 0.164 e. The van der Waals surface area contributed by atoms with Gasteiger partial charge >= 0.3 is 0 Å². The van der Waals surface area contributed by atoms with E-state index in [1.807, 2.05) is 0 Å². The molecule has 4 aliphatic carbocycles. The first-order valence-electron chi connectivity index (χ1n) is 18.3. The van der Waals surface area contributed by atoms with Crippen molar-refractivity contribution in [2.75, 3.05) is 0 Å². The average Bonchev–Trinajstić information content (AvgIpc) is 3.06. The lowest BCUT2D eigenvalue weighted by molar-refractivity contribution is -0.0961. The van der Waals surface area contributed by atoms with E-state index in [-0.39, 0.29) is 23.0 Å². The Labute approximate surface area is 268 Å². The Bertz CT molecular complexity index is 1140. The predicted octanol–water partition coefficient (Wildman–Crippen LogP) is 12.3. The first kappa shape index (κ1) is 33.0. The summed E-state index contributed by atoms with van der Waals surface area (Å²) in [7, 11) is 0. The zero-order valence-corrected chi connectivity index (χ0v) is 27.5. The maximum absolute atomic E-state index is 15.5. The molecule has 2 unspecified atom stereocenters. The fraction of sp³-hybridized carbons (Fsp3) is 0.700. The zero-order chi connectivity index (χ0) is 31.5. The molecule has 45 heavy (non-hydrogen) atoms.